The number of aliphatic hydroxyl groups excluding tert-OH is 1. The molecule has 2 unspecified atom stereocenters. The number of phosphoric ester groups is 1. The van der Waals surface area contributed by atoms with Crippen LogP contribution >= 0.6 is 7.82 Å². The van der Waals surface area contributed by atoms with Crippen molar-refractivity contribution < 1.29 is 37.9 Å². The molecule has 336 valence electrons. The first kappa shape index (κ1) is 55.5. The summed E-state index contributed by atoms with van der Waals surface area (Å²) in [6.45, 7) is 3.55. The van der Waals surface area contributed by atoms with E-state index in [1.165, 1.54) is 141 Å². The van der Waals surface area contributed by atoms with Gasteiger partial charge in [0.15, 0.2) is 0 Å². The third-order valence-corrected chi connectivity index (χ3v) is 11.4. The molecule has 0 bridgehead atoms. The average molecular weight is 828 g/mol. The van der Waals surface area contributed by atoms with E-state index in [-0.39, 0.29) is 32.1 Å². The summed E-state index contributed by atoms with van der Waals surface area (Å²) in [5.74, 6) is -0.521. The molecule has 0 aromatic carbocycles. The van der Waals surface area contributed by atoms with Crippen LogP contribution in [-0.2, 0) is 27.9 Å². The summed E-state index contributed by atoms with van der Waals surface area (Å²) >= 11 is 0. The third-order valence-electron chi connectivity index (χ3n) is 10.4. The number of unbranched alkanes of at least 4 members (excludes halogenated alkanes) is 28. The molecule has 0 fully saturated rings. The molecule has 10 heteroatoms. The van der Waals surface area contributed by atoms with Crippen molar-refractivity contribution in [2.24, 2.45) is 0 Å². The van der Waals surface area contributed by atoms with Gasteiger partial charge in [-0.2, -0.15) is 0 Å². The van der Waals surface area contributed by atoms with Crippen LogP contribution in [0.1, 0.15) is 232 Å². The fraction of sp³-hybridized carbons (Fsp3) is 0.872. The van der Waals surface area contributed by atoms with Gasteiger partial charge < -0.3 is 20.1 Å². The molecule has 0 rings (SSSR count). The highest BCUT2D eigenvalue weighted by Gasteiger charge is 2.23. The molecule has 0 saturated carbocycles. The fourth-order valence-electron chi connectivity index (χ4n) is 6.77. The highest BCUT2D eigenvalue weighted by atomic mass is 31.2. The Hall–Kier alpha value is -1.51. The minimum absolute atomic E-state index is 0.0762. The highest BCUT2D eigenvalue weighted by Crippen LogP contribution is 2.42. The number of allylic oxidation sites excluding steroid dienone is 4. The van der Waals surface area contributed by atoms with Crippen LogP contribution in [0.4, 0.5) is 0 Å². The Balaban J connectivity index is 3.56. The molecule has 0 aromatic heterocycles. The van der Waals surface area contributed by atoms with Gasteiger partial charge >= 0.3 is 13.8 Å². The molecule has 0 radical (unpaired) electrons. The van der Waals surface area contributed by atoms with Crippen LogP contribution in [0.2, 0.25) is 0 Å². The molecule has 57 heavy (non-hydrogen) atoms. The smallest absolute Gasteiger partial charge is 0.463 e. The second-order valence-corrected chi connectivity index (χ2v) is 17.5. The van der Waals surface area contributed by atoms with Gasteiger partial charge in [0.1, 0.15) is 12.7 Å². The summed E-state index contributed by atoms with van der Waals surface area (Å²) in [4.78, 5) is 34.0. The molecule has 0 aromatic rings. The lowest BCUT2D eigenvalue weighted by atomic mass is 10.0. The second-order valence-electron chi connectivity index (χ2n) is 16.1. The number of phosphoric acid groups is 1. The van der Waals surface area contributed by atoms with Crippen molar-refractivity contribution in [3.8, 4) is 0 Å². The van der Waals surface area contributed by atoms with Gasteiger partial charge in [-0.05, 0) is 44.9 Å². The third kappa shape index (κ3) is 45.4. The predicted molar refractivity (Wildman–Crippen MR) is 238 cm³/mol. The van der Waals surface area contributed by atoms with E-state index in [1.54, 1.807) is 0 Å². The lowest BCUT2D eigenvalue weighted by Gasteiger charge is -2.15. The average Bonchev–Trinajstić information content (AvgIpc) is 3.20. The zero-order chi connectivity index (χ0) is 41.8. The van der Waals surface area contributed by atoms with E-state index in [0.29, 0.717) is 6.42 Å². The molecular formula is C47H90NO8P. The first-order valence-corrected chi connectivity index (χ1v) is 25.3. The van der Waals surface area contributed by atoms with Crippen LogP contribution in [0.3, 0.4) is 0 Å². The number of amides is 1. The van der Waals surface area contributed by atoms with Crippen molar-refractivity contribution >= 4 is 19.7 Å². The number of carbonyl (C=O) groups excluding carboxylic acids is 2. The molecule has 9 nitrogen and oxygen atoms in total. The summed E-state index contributed by atoms with van der Waals surface area (Å²) in [5, 5.41) is 12.7. The largest absolute Gasteiger partial charge is 0.472 e. The van der Waals surface area contributed by atoms with Crippen molar-refractivity contribution in [1.82, 2.24) is 5.32 Å². The second kappa shape index (κ2) is 44.1. The summed E-state index contributed by atoms with van der Waals surface area (Å²) in [6, 6.07) is 0. The standard InChI is InChI=1S/C47H90NO8P/c1-3-5-7-9-11-13-15-17-19-21-22-23-24-26-28-30-32-34-36-38-40-47(51)54-43-45(49)44-56-57(52,53)55-42-41-48-46(50)39-37-35-33-31-29-27-25-20-18-16-14-12-10-8-6-4-2/h14,16,20,25,45,49H,3-13,15,17-19,21-24,26-44H2,1-2H3,(H,48,50)(H,52,53)/b16-14-,25-20-. The van der Waals surface area contributed by atoms with E-state index >= 15 is 0 Å². The molecule has 0 heterocycles. The Kier molecular flexibility index (Phi) is 42.9. The monoisotopic (exact) mass is 828 g/mol. The van der Waals surface area contributed by atoms with E-state index in [4.69, 9.17) is 13.8 Å². The first-order chi connectivity index (χ1) is 27.8. The van der Waals surface area contributed by atoms with Crippen LogP contribution < -0.4 is 5.32 Å². The molecule has 0 spiro atoms. The van der Waals surface area contributed by atoms with Gasteiger partial charge in [0, 0.05) is 19.4 Å². The molecule has 2 atom stereocenters. The maximum Gasteiger partial charge on any atom is 0.472 e. The van der Waals surface area contributed by atoms with E-state index in [0.717, 1.165) is 64.2 Å². The maximum absolute atomic E-state index is 12.1. The first-order valence-electron chi connectivity index (χ1n) is 23.8. The van der Waals surface area contributed by atoms with E-state index in [9.17, 15) is 24.2 Å². The summed E-state index contributed by atoms with van der Waals surface area (Å²) in [6.07, 6.45) is 48.2. The Morgan fingerprint density at radius 2 is 0.947 bits per heavy atom. The van der Waals surface area contributed by atoms with Crippen LogP contribution in [0.15, 0.2) is 24.3 Å². The van der Waals surface area contributed by atoms with E-state index < -0.39 is 26.5 Å². The molecule has 0 aliphatic carbocycles. The minimum Gasteiger partial charge on any atom is -0.463 e. The number of esters is 1. The minimum atomic E-state index is -4.42. The molecule has 0 aliphatic heterocycles. The Labute approximate surface area is 350 Å². The Bertz CT molecular complexity index is 990. The number of nitrogens with one attached hydrogen (secondary N) is 1. The summed E-state index contributed by atoms with van der Waals surface area (Å²) in [5.41, 5.74) is 0. The maximum atomic E-state index is 12.1. The van der Waals surface area contributed by atoms with E-state index in [1.807, 2.05) is 0 Å². The Morgan fingerprint density at radius 1 is 0.544 bits per heavy atom. The van der Waals surface area contributed by atoms with Crippen molar-refractivity contribution in [3.63, 3.8) is 0 Å². The number of hydrogen-bond donors (Lipinski definition) is 3. The Morgan fingerprint density at radius 3 is 1.42 bits per heavy atom. The van der Waals surface area contributed by atoms with Gasteiger partial charge in [-0.3, -0.25) is 18.6 Å². The molecule has 1 amide bonds. The molecule has 3 N–H and O–H groups in total. The van der Waals surface area contributed by atoms with Crippen molar-refractivity contribution in [2.45, 2.75) is 238 Å². The van der Waals surface area contributed by atoms with Gasteiger partial charge in [-0.1, -0.05) is 199 Å². The van der Waals surface area contributed by atoms with Gasteiger partial charge in [-0.25, -0.2) is 4.57 Å². The van der Waals surface area contributed by atoms with Crippen LogP contribution in [0.25, 0.3) is 0 Å². The topological polar surface area (TPSA) is 131 Å². The van der Waals surface area contributed by atoms with Gasteiger partial charge in [-0.15, -0.1) is 0 Å². The highest BCUT2D eigenvalue weighted by molar-refractivity contribution is 7.47. The van der Waals surface area contributed by atoms with Crippen molar-refractivity contribution in [2.75, 3.05) is 26.4 Å². The van der Waals surface area contributed by atoms with Crippen LogP contribution in [-0.4, -0.2) is 54.3 Å². The van der Waals surface area contributed by atoms with Gasteiger partial charge in [0.05, 0.1) is 13.2 Å². The van der Waals surface area contributed by atoms with E-state index in [2.05, 4.69) is 43.5 Å². The molecule has 0 saturated heterocycles. The quantitative estimate of drug-likeness (QED) is 0.0239. The number of carbonyl (C=O) groups is 2. The zero-order valence-electron chi connectivity index (χ0n) is 37.0. The SMILES string of the molecule is CCCCCC/C=C\C/C=C\CCCCCCCC(=O)NCCOP(=O)(O)OCC(O)COC(=O)CCCCCCCCCCCCCCCCCCCCCC. The van der Waals surface area contributed by atoms with Gasteiger partial charge in [0.2, 0.25) is 5.91 Å². The fourth-order valence-corrected chi connectivity index (χ4v) is 7.52. The van der Waals surface area contributed by atoms with Crippen molar-refractivity contribution in [1.29, 1.82) is 0 Å². The number of ether oxygens (including phenoxy) is 1. The number of rotatable bonds is 45. The van der Waals surface area contributed by atoms with Crippen LogP contribution in [0, 0.1) is 0 Å². The van der Waals surface area contributed by atoms with Gasteiger partial charge in [0.25, 0.3) is 0 Å². The number of hydrogen-bond acceptors (Lipinski definition) is 7. The normalized spacial score (nSPS) is 13.4. The number of aliphatic hydroxyl groups is 1. The summed E-state index contributed by atoms with van der Waals surface area (Å²) in [7, 11) is -4.42. The lowest BCUT2D eigenvalue weighted by Crippen LogP contribution is -2.27. The predicted octanol–water partition coefficient (Wildman–Crippen LogP) is 13.6. The zero-order valence-corrected chi connectivity index (χ0v) is 37.9. The molecular weight excluding hydrogens is 737 g/mol. The summed E-state index contributed by atoms with van der Waals surface area (Å²) < 4.78 is 26.9. The van der Waals surface area contributed by atoms with Crippen LogP contribution in [0.5, 0.6) is 0 Å². The lowest BCUT2D eigenvalue weighted by molar-refractivity contribution is -0.147. The van der Waals surface area contributed by atoms with Crippen molar-refractivity contribution in [3.05, 3.63) is 24.3 Å². The molecule has 0 aliphatic rings.